The molecule has 1 heterocycles. The van der Waals surface area contributed by atoms with Crippen LogP contribution in [0.5, 0.6) is 0 Å². The van der Waals surface area contributed by atoms with Gasteiger partial charge in [0.25, 0.3) is 0 Å². The Kier molecular flexibility index (Phi) is 6.13. The molecule has 0 radical (unpaired) electrons. The third-order valence-electron chi connectivity index (χ3n) is 4.79. The molecule has 1 saturated heterocycles. The molecule has 0 aromatic heterocycles. The van der Waals surface area contributed by atoms with Gasteiger partial charge >= 0.3 is 6.09 Å². The summed E-state index contributed by atoms with van der Waals surface area (Å²) in [5.74, 6) is 0. The predicted octanol–water partition coefficient (Wildman–Crippen LogP) is 4.96. The Morgan fingerprint density at radius 1 is 1.26 bits per heavy atom. The predicted molar refractivity (Wildman–Crippen MR) is 98.3 cm³/mol. The first-order valence-corrected chi connectivity index (χ1v) is 11.5. The van der Waals surface area contributed by atoms with Crippen LogP contribution < -0.4 is 0 Å². The average Bonchev–Trinajstić information content (AvgIpc) is 2.76. The quantitative estimate of drug-likeness (QED) is 0.538. The lowest BCUT2D eigenvalue weighted by Gasteiger charge is -2.38. The molecule has 0 saturated carbocycles. The van der Waals surface area contributed by atoms with Crippen LogP contribution in [0.3, 0.4) is 0 Å². The van der Waals surface area contributed by atoms with E-state index in [-0.39, 0.29) is 17.2 Å². The minimum atomic E-state index is -1.81. The largest absolute Gasteiger partial charge is 0.444 e. The Labute approximate surface area is 143 Å². The Morgan fingerprint density at radius 3 is 2.26 bits per heavy atom. The number of allylic oxidation sites excluding steroid dienone is 1. The topological polar surface area (TPSA) is 38.8 Å². The maximum atomic E-state index is 12.5. The second-order valence-corrected chi connectivity index (χ2v) is 13.8. The second kappa shape index (κ2) is 6.97. The van der Waals surface area contributed by atoms with Crippen molar-refractivity contribution >= 4 is 14.4 Å². The van der Waals surface area contributed by atoms with Gasteiger partial charge in [0.1, 0.15) is 5.60 Å². The average molecular weight is 342 g/mol. The molecular weight excluding hydrogens is 306 g/mol. The van der Waals surface area contributed by atoms with Crippen molar-refractivity contribution in [1.29, 1.82) is 0 Å². The molecule has 23 heavy (non-hydrogen) atoms. The molecule has 1 atom stereocenters. The molecule has 1 aliphatic heterocycles. The number of carbonyl (C=O) groups is 1. The molecule has 0 aromatic carbocycles. The zero-order valence-corrected chi connectivity index (χ0v) is 17.4. The third-order valence-corrected chi connectivity index (χ3v) is 9.29. The van der Waals surface area contributed by atoms with E-state index in [4.69, 9.17) is 9.16 Å². The van der Waals surface area contributed by atoms with Crippen LogP contribution in [-0.4, -0.2) is 44.1 Å². The van der Waals surface area contributed by atoms with Gasteiger partial charge in [0, 0.05) is 6.54 Å². The smallest absolute Gasteiger partial charge is 0.410 e. The van der Waals surface area contributed by atoms with E-state index < -0.39 is 13.9 Å². The number of ether oxygens (including phenoxy) is 1. The lowest BCUT2D eigenvalue weighted by Crippen LogP contribution is -2.46. The van der Waals surface area contributed by atoms with Crippen molar-refractivity contribution in [1.82, 2.24) is 4.90 Å². The van der Waals surface area contributed by atoms with Gasteiger partial charge in [0.05, 0.1) is 12.6 Å². The first kappa shape index (κ1) is 20.2. The third kappa shape index (κ3) is 5.64. The molecule has 0 aliphatic carbocycles. The summed E-state index contributed by atoms with van der Waals surface area (Å²) >= 11 is 0. The van der Waals surface area contributed by atoms with E-state index in [1.807, 2.05) is 32.6 Å². The minimum absolute atomic E-state index is 0.0742. The second-order valence-electron chi connectivity index (χ2n) is 8.98. The van der Waals surface area contributed by atoms with Crippen molar-refractivity contribution in [2.75, 3.05) is 13.2 Å². The molecule has 0 spiro atoms. The first-order valence-electron chi connectivity index (χ1n) is 8.54. The zero-order chi connectivity index (χ0) is 18.1. The number of rotatable bonds is 3. The molecule has 4 nitrogen and oxygen atoms in total. The fourth-order valence-corrected chi connectivity index (χ4v) is 3.28. The normalized spacial score (nSPS) is 21.9. The summed E-state index contributed by atoms with van der Waals surface area (Å²) in [6, 6.07) is 0.0742. The summed E-state index contributed by atoms with van der Waals surface area (Å²) in [5, 5.41) is 0.172. The Balaban J connectivity index is 2.80. The Morgan fingerprint density at radius 2 is 1.83 bits per heavy atom. The summed E-state index contributed by atoms with van der Waals surface area (Å²) in [7, 11) is -1.81. The SMILES string of the molecule is C/C=C1\C[C@H](CO[Si](C)(C)C(C)(C)C)N(C(=O)OC(C)(C)C)C1. The van der Waals surface area contributed by atoms with Crippen LogP contribution in [0.25, 0.3) is 0 Å². The standard InChI is InChI=1S/C18H35NO3Si/c1-10-14-11-15(13-21-23(8,9)18(5,6)7)19(12-14)16(20)22-17(2,3)4/h10,15H,11-13H2,1-9H3/b14-10+/t15-/m1/s1. The first-order chi connectivity index (χ1) is 10.3. The van der Waals surface area contributed by atoms with E-state index in [9.17, 15) is 4.79 Å². The highest BCUT2D eigenvalue weighted by molar-refractivity contribution is 6.74. The maximum Gasteiger partial charge on any atom is 0.410 e. The molecule has 0 bridgehead atoms. The van der Waals surface area contributed by atoms with Crippen LogP contribution in [0, 0.1) is 0 Å². The molecule has 1 rings (SSSR count). The van der Waals surface area contributed by atoms with Crippen molar-refractivity contribution in [3.05, 3.63) is 11.6 Å². The summed E-state index contributed by atoms with van der Waals surface area (Å²) < 4.78 is 11.9. The van der Waals surface area contributed by atoms with E-state index in [0.29, 0.717) is 13.2 Å². The number of likely N-dealkylation sites (tertiary alicyclic amines) is 1. The highest BCUT2D eigenvalue weighted by Gasteiger charge is 2.40. The molecular formula is C18H35NO3Si. The van der Waals surface area contributed by atoms with Crippen LogP contribution in [0.4, 0.5) is 4.79 Å². The monoisotopic (exact) mass is 341 g/mol. The zero-order valence-electron chi connectivity index (χ0n) is 16.4. The number of hydrogen-bond acceptors (Lipinski definition) is 3. The molecule has 1 fully saturated rings. The minimum Gasteiger partial charge on any atom is -0.444 e. The van der Waals surface area contributed by atoms with Crippen LogP contribution in [0.15, 0.2) is 11.6 Å². The van der Waals surface area contributed by atoms with Gasteiger partial charge < -0.3 is 9.16 Å². The van der Waals surface area contributed by atoms with E-state index >= 15 is 0 Å². The van der Waals surface area contributed by atoms with Crippen molar-refractivity contribution < 1.29 is 14.0 Å². The lowest BCUT2D eigenvalue weighted by atomic mass is 10.1. The van der Waals surface area contributed by atoms with Crippen molar-refractivity contribution in [2.24, 2.45) is 0 Å². The Hall–Kier alpha value is -0.813. The van der Waals surface area contributed by atoms with Crippen LogP contribution >= 0.6 is 0 Å². The fraction of sp³-hybridized carbons (Fsp3) is 0.833. The van der Waals surface area contributed by atoms with E-state index in [2.05, 4.69) is 39.9 Å². The van der Waals surface area contributed by atoms with Gasteiger partial charge in [-0.1, -0.05) is 32.4 Å². The van der Waals surface area contributed by atoms with Gasteiger partial charge in [0.2, 0.25) is 0 Å². The van der Waals surface area contributed by atoms with Crippen molar-refractivity contribution in [3.63, 3.8) is 0 Å². The van der Waals surface area contributed by atoms with Crippen molar-refractivity contribution in [3.8, 4) is 0 Å². The van der Waals surface area contributed by atoms with Crippen LogP contribution in [0.1, 0.15) is 54.9 Å². The van der Waals surface area contributed by atoms with Crippen LogP contribution in [-0.2, 0) is 9.16 Å². The highest BCUT2D eigenvalue weighted by atomic mass is 28.4. The van der Waals surface area contributed by atoms with E-state index in [1.54, 1.807) is 0 Å². The summed E-state index contributed by atoms with van der Waals surface area (Å²) in [6.07, 6.45) is 2.74. The van der Waals surface area contributed by atoms with Crippen molar-refractivity contribution in [2.45, 2.75) is 84.7 Å². The molecule has 0 N–H and O–H groups in total. The van der Waals surface area contributed by atoms with Gasteiger partial charge in [-0.3, -0.25) is 4.90 Å². The van der Waals surface area contributed by atoms with Crippen LogP contribution in [0.2, 0.25) is 18.1 Å². The fourth-order valence-electron chi connectivity index (χ4n) is 2.24. The molecule has 1 aliphatic rings. The number of hydrogen-bond donors (Lipinski definition) is 0. The molecule has 1 amide bonds. The maximum absolute atomic E-state index is 12.5. The van der Waals surface area contributed by atoms with E-state index in [1.165, 1.54) is 5.57 Å². The lowest BCUT2D eigenvalue weighted by molar-refractivity contribution is 0.0184. The summed E-state index contributed by atoms with van der Waals surface area (Å²) in [5.41, 5.74) is 0.806. The van der Waals surface area contributed by atoms with Gasteiger partial charge in [-0.2, -0.15) is 0 Å². The molecule has 134 valence electrons. The number of carbonyl (C=O) groups excluding carboxylic acids is 1. The summed E-state index contributed by atoms with van der Waals surface area (Å²) in [4.78, 5) is 14.3. The molecule has 0 unspecified atom stereocenters. The number of nitrogens with zero attached hydrogens (tertiary/aromatic N) is 1. The highest BCUT2D eigenvalue weighted by Crippen LogP contribution is 2.37. The number of amides is 1. The van der Waals surface area contributed by atoms with Gasteiger partial charge in [-0.15, -0.1) is 0 Å². The molecule has 5 heteroatoms. The summed E-state index contributed by atoms with van der Waals surface area (Å²) in [6.45, 7) is 20.2. The Bertz CT molecular complexity index is 458. The van der Waals surface area contributed by atoms with E-state index in [0.717, 1.165) is 6.42 Å². The van der Waals surface area contributed by atoms with Gasteiger partial charge in [-0.25, -0.2) is 4.79 Å². The van der Waals surface area contributed by atoms with Gasteiger partial charge in [0.15, 0.2) is 8.32 Å². The molecule has 0 aromatic rings. The van der Waals surface area contributed by atoms with Gasteiger partial charge in [-0.05, 0) is 52.2 Å².